The highest BCUT2D eigenvalue weighted by Gasteiger charge is 2.14. The summed E-state index contributed by atoms with van der Waals surface area (Å²) in [6, 6.07) is 26.5. The minimum atomic E-state index is 0.828. The predicted octanol–water partition coefficient (Wildman–Crippen LogP) is 4.70. The zero-order valence-corrected chi connectivity index (χ0v) is 12.8. The maximum absolute atomic E-state index is 5.36. The van der Waals surface area contributed by atoms with E-state index in [0.29, 0.717) is 0 Å². The Balaban J connectivity index is 2.02. The van der Waals surface area contributed by atoms with Gasteiger partial charge in [-0.2, -0.15) is 0 Å². The summed E-state index contributed by atoms with van der Waals surface area (Å²) in [7, 11) is 1.68. The van der Waals surface area contributed by atoms with Gasteiger partial charge in [-0.05, 0) is 36.4 Å². The fourth-order valence-electron chi connectivity index (χ4n) is 2.82. The van der Waals surface area contributed by atoms with E-state index in [4.69, 9.17) is 9.72 Å². The summed E-state index contributed by atoms with van der Waals surface area (Å²) >= 11 is 0. The van der Waals surface area contributed by atoms with Gasteiger partial charge in [-0.15, -0.1) is 0 Å². The molecule has 0 bridgehead atoms. The predicted molar refractivity (Wildman–Crippen MR) is 93.1 cm³/mol. The van der Waals surface area contributed by atoms with Crippen LogP contribution in [-0.4, -0.2) is 16.7 Å². The van der Waals surface area contributed by atoms with Crippen LogP contribution in [0.15, 0.2) is 78.9 Å². The summed E-state index contributed by atoms with van der Waals surface area (Å²) in [5.74, 6) is 1.74. The van der Waals surface area contributed by atoms with Crippen LogP contribution in [0.2, 0.25) is 0 Å². The minimum absolute atomic E-state index is 0.828. The molecule has 0 aliphatic heterocycles. The number of ether oxygens (including phenoxy) is 1. The lowest BCUT2D eigenvalue weighted by Crippen LogP contribution is -1.97. The molecule has 112 valence electrons. The molecule has 0 saturated heterocycles. The molecule has 3 heteroatoms. The van der Waals surface area contributed by atoms with Crippen LogP contribution < -0.4 is 4.74 Å². The van der Waals surface area contributed by atoms with E-state index >= 15 is 0 Å². The maximum Gasteiger partial charge on any atom is 0.145 e. The summed E-state index contributed by atoms with van der Waals surface area (Å²) in [5.41, 5.74) is 4.20. The zero-order chi connectivity index (χ0) is 15.6. The second-order valence-electron chi connectivity index (χ2n) is 5.33. The molecule has 3 nitrogen and oxygen atoms in total. The lowest BCUT2D eigenvalue weighted by molar-refractivity contribution is 0.415. The van der Waals surface area contributed by atoms with Gasteiger partial charge in [0, 0.05) is 11.3 Å². The molecule has 0 saturated carbocycles. The van der Waals surface area contributed by atoms with Crippen LogP contribution >= 0.6 is 0 Å². The zero-order valence-electron chi connectivity index (χ0n) is 12.8. The summed E-state index contributed by atoms with van der Waals surface area (Å²) < 4.78 is 7.54. The molecule has 0 N–H and O–H groups in total. The van der Waals surface area contributed by atoms with Crippen molar-refractivity contribution in [2.75, 3.05) is 7.11 Å². The van der Waals surface area contributed by atoms with Crippen molar-refractivity contribution < 1.29 is 4.74 Å². The number of methoxy groups -OCH3 is 1. The number of nitrogens with zero attached hydrogens (tertiary/aromatic N) is 2. The number of para-hydroxylation sites is 3. The van der Waals surface area contributed by atoms with Crippen molar-refractivity contribution in [3.63, 3.8) is 0 Å². The lowest BCUT2D eigenvalue weighted by atomic mass is 10.2. The molecule has 0 amide bonds. The van der Waals surface area contributed by atoms with Gasteiger partial charge in [-0.1, -0.05) is 42.5 Å². The van der Waals surface area contributed by atoms with Crippen LogP contribution in [0.5, 0.6) is 5.75 Å². The van der Waals surface area contributed by atoms with Crippen LogP contribution in [0.3, 0.4) is 0 Å². The average Bonchev–Trinajstić information content (AvgIpc) is 3.02. The van der Waals surface area contributed by atoms with Gasteiger partial charge in [0.15, 0.2) is 0 Å². The molecule has 0 spiro atoms. The van der Waals surface area contributed by atoms with E-state index in [1.165, 1.54) is 0 Å². The normalized spacial score (nSPS) is 10.8. The number of imidazole rings is 1. The Kier molecular flexibility index (Phi) is 3.31. The number of hydrogen-bond donors (Lipinski definition) is 0. The Morgan fingerprint density at radius 3 is 2.43 bits per heavy atom. The summed E-state index contributed by atoms with van der Waals surface area (Å²) in [4.78, 5) is 4.84. The third-order valence-corrected chi connectivity index (χ3v) is 3.90. The highest BCUT2D eigenvalue weighted by molar-refractivity contribution is 5.83. The topological polar surface area (TPSA) is 27.1 Å². The maximum atomic E-state index is 5.36. The molecule has 0 unspecified atom stereocenters. The highest BCUT2D eigenvalue weighted by Crippen LogP contribution is 2.30. The van der Waals surface area contributed by atoms with Crippen molar-refractivity contribution >= 4 is 11.0 Å². The Labute approximate surface area is 134 Å². The highest BCUT2D eigenvalue weighted by atomic mass is 16.5. The lowest BCUT2D eigenvalue weighted by Gasteiger charge is -2.10. The number of benzene rings is 3. The Morgan fingerprint density at radius 1 is 0.826 bits per heavy atom. The molecular weight excluding hydrogens is 284 g/mol. The van der Waals surface area contributed by atoms with E-state index in [2.05, 4.69) is 28.8 Å². The molecule has 0 aliphatic rings. The Bertz CT molecular complexity index is 958. The van der Waals surface area contributed by atoms with E-state index in [1.807, 2.05) is 54.6 Å². The first-order chi connectivity index (χ1) is 11.4. The standard InChI is InChI=1S/C20H16N2O/c1-23-17-11-7-8-15(14-17)20-21-18-12-5-6-13-19(18)22(20)16-9-3-2-4-10-16/h2-14H,1H3. The van der Waals surface area contributed by atoms with Crippen molar-refractivity contribution in [1.82, 2.24) is 9.55 Å². The largest absolute Gasteiger partial charge is 0.497 e. The Hall–Kier alpha value is -3.07. The number of aromatic nitrogens is 2. The van der Waals surface area contributed by atoms with Crippen molar-refractivity contribution in [3.8, 4) is 22.8 Å². The van der Waals surface area contributed by atoms with Crippen LogP contribution in [0, 0.1) is 0 Å². The van der Waals surface area contributed by atoms with Crippen LogP contribution in [0.1, 0.15) is 0 Å². The second-order valence-corrected chi connectivity index (χ2v) is 5.33. The van der Waals surface area contributed by atoms with Crippen LogP contribution in [0.4, 0.5) is 0 Å². The van der Waals surface area contributed by atoms with Gasteiger partial charge in [0.1, 0.15) is 11.6 Å². The smallest absolute Gasteiger partial charge is 0.145 e. The molecular formula is C20H16N2O. The van der Waals surface area contributed by atoms with E-state index in [0.717, 1.165) is 33.9 Å². The number of fused-ring (bicyclic) bond motifs is 1. The molecule has 4 aromatic rings. The van der Waals surface area contributed by atoms with Gasteiger partial charge in [0.2, 0.25) is 0 Å². The first-order valence-electron chi connectivity index (χ1n) is 7.54. The first kappa shape index (κ1) is 13.6. The number of hydrogen-bond acceptors (Lipinski definition) is 2. The third kappa shape index (κ3) is 2.36. The molecule has 0 atom stereocenters. The van der Waals surface area contributed by atoms with Gasteiger partial charge in [-0.25, -0.2) is 4.98 Å². The van der Waals surface area contributed by atoms with Crippen molar-refractivity contribution in [2.24, 2.45) is 0 Å². The summed E-state index contributed by atoms with van der Waals surface area (Å²) in [6.07, 6.45) is 0. The molecule has 0 aliphatic carbocycles. The van der Waals surface area contributed by atoms with Gasteiger partial charge >= 0.3 is 0 Å². The molecule has 4 rings (SSSR count). The molecule has 23 heavy (non-hydrogen) atoms. The van der Waals surface area contributed by atoms with Gasteiger partial charge in [-0.3, -0.25) is 4.57 Å². The third-order valence-electron chi connectivity index (χ3n) is 3.90. The average molecular weight is 300 g/mol. The van der Waals surface area contributed by atoms with Gasteiger partial charge < -0.3 is 4.74 Å². The number of rotatable bonds is 3. The van der Waals surface area contributed by atoms with Crippen LogP contribution in [-0.2, 0) is 0 Å². The SMILES string of the molecule is COc1cccc(-c2nc3ccccc3n2-c2ccccc2)c1. The van der Waals surface area contributed by atoms with E-state index in [-0.39, 0.29) is 0 Å². The van der Waals surface area contributed by atoms with E-state index < -0.39 is 0 Å². The summed E-state index contributed by atoms with van der Waals surface area (Å²) in [6.45, 7) is 0. The molecule has 0 fully saturated rings. The quantitative estimate of drug-likeness (QED) is 0.548. The van der Waals surface area contributed by atoms with Crippen molar-refractivity contribution in [1.29, 1.82) is 0 Å². The monoisotopic (exact) mass is 300 g/mol. The fraction of sp³-hybridized carbons (Fsp3) is 0.0500. The fourth-order valence-corrected chi connectivity index (χ4v) is 2.82. The van der Waals surface area contributed by atoms with Gasteiger partial charge in [0.25, 0.3) is 0 Å². The molecule has 0 radical (unpaired) electrons. The van der Waals surface area contributed by atoms with Crippen LogP contribution in [0.25, 0.3) is 28.1 Å². The first-order valence-corrected chi connectivity index (χ1v) is 7.54. The van der Waals surface area contributed by atoms with E-state index in [1.54, 1.807) is 7.11 Å². The van der Waals surface area contributed by atoms with Gasteiger partial charge in [0.05, 0.1) is 18.1 Å². The molecule has 3 aromatic carbocycles. The van der Waals surface area contributed by atoms with Crippen molar-refractivity contribution in [2.45, 2.75) is 0 Å². The van der Waals surface area contributed by atoms with E-state index in [9.17, 15) is 0 Å². The van der Waals surface area contributed by atoms with Crippen molar-refractivity contribution in [3.05, 3.63) is 78.9 Å². The second kappa shape index (κ2) is 5.61. The molecule has 1 aromatic heterocycles. The Morgan fingerprint density at radius 2 is 1.61 bits per heavy atom. The summed E-state index contributed by atoms with van der Waals surface area (Å²) in [5, 5.41) is 0. The molecule has 1 heterocycles. The minimum Gasteiger partial charge on any atom is -0.497 e.